The summed E-state index contributed by atoms with van der Waals surface area (Å²) >= 11 is 0. The number of rotatable bonds is 4. The fourth-order valence-corrected chi connectivity index (χ4v) is 2.71. The molecule has 1 unspecified atom stereocenters. The molecule has 2 nitrogen and oxygen atoms in total. The molecule has 0 bridgehead atoms. The van der Waals surface area contributed by atoms with E-state index in [1.54, 1.807) is 0 Å². The molecule has 90 valence electrons. The van der Waals surface area contributed by atoms with Gasteiger partial charge in [0.1, 0.15) is 0 Å². The van der Waals surface area contributed by atoms with Crippen molar-refractivity contribution in [2.24, 2.45) is 11.3 Å². The predicted molar refractivity (Wildman–Crippen MR) is 64.9 cm³/mol. The van der Waals surface area contributed by atoms with Gasteiger partial charge in [0.25, 0.3) is 0 Å². The van der Waals surface area contributed by atoms with Gasteiger partial charge in [-0.3, -0.25) is 0 Å². The van der Waals surface area contributed by atoms with Crippen molar-refractivity contribution in [1.82, 2.24) is 5.32 Å². The van der Waals surface area contributed by atoms with Gasteiger partial charge in [-0.05, 0) is 37.1 Å². The Labute approximate surface area is 94.5 Å². The summed E-state index contributed by atoms with van der Waals surface area (Å²) in [4.78, 5) is 0. The van der Waals surface area contributed by atoms with Crippen molar-refractivity contribution in [3.63, 3.8) is 0 Å². The van der Waals surface area contributed by atoms with Crippen LogP contribution in [0.1, 0.15) is 53.4 Å². The highest BCUT2D eigenvalue weighted by molar-refractivity contribution is 4.92. The fraction of sp³-hybridized carbons (Fsp3) is 1.00. The van der Waals surface area contributed by atoms with Gasteiger partial charge in [0.15, 0.2) is 0 Å². The third-order valence-electron chi connectivity index (χ3n) is 3.31. The molecule has 1 fully saturated rings. The topological polar surface area (TPSA) is 32.3 Å². The van der Waals surface area contributed by atoms with Crippen LogP contribution < -0.4 is 5.32 Å². The van der Waals surface area contributed by atoms with Crippen LogP contribution in [0.4, 0.5) is 0 Å². The molecule has 0 amide bonds. The second-order valence-electron chi connectivity index (χ2n) is 6.44. The van der Waals surface area contributed by atoms with Gasteiger partial charge in [0.05, 0.1) is 5.60 Å². The standard InChI is InChI=1S/C13H27NO/c1-11(2)8-14-10-13(15)7-5-6-12(3,4)9-13/h11,14-15H,5-10H2,1-4H3. The number of hydrogen-bond donors (Lipinski definition) is 2. The van der Waals surface area contributed by atoms with E-state index in [0.717, 1.165) is 32.4 Å². The summed E-state index contributed by atoms with van der Waals surface area (Å²) in [7, 11) is 0. The van der Waals surface area contributed by atoms with E-state index in [4.69, 9.17) is 0 Å². The summed E-state index contributed by atoms with van der Waals surface area (Å²) in [6.07, 6.45) is 4.30. The zero-order valence-electron chi connectivity index (χ0n) is 10.8. The molecule has 0 heterocycles. The number of nitrogens with one attached hydrogen (secondary N) is 1. The molecule has 0 saturated heterocycles. The monoisotopic (exact) mass is 213 g/mol. The maximum absolute atomic E-state index is 10.5. The quantitative estimate of drug-likeness (QED) is 0.752. The lowest BCUT2D eigenvalue weighted by Crippen LogP contribution is -2.47. The summed E-state index contributed by atoms with van der Waals surface area (Å²) in [5, 5.41) is 13.8. The van der Waals surface area contributed by atoms with E-state index in [2.05, 4.69) is 33.0 Å². The van der Waals surface area contributed by atoms with E-state index in [-0.39, 0.29) is 0 Å². The van der Waals surface area contributed by atoms with Crippen molar-refractivity contribution >= 4 is 0 Å². The second kappa shape index (κ2) is 4.84. The lowest BCUT2D eigenvalue weighted by Gasteiger charge is -2.41. The van der Waals surface area contributed by atoms with Crippen LogP contribution in [0.3, 0.4) is 0 Å². The first-order valence-corrected chi connectivity index (χ1v) is 6.26. The van der Waals surface area contributed by atoms with E-state index < -0.39 is 5.60 Å². The minimum atomic E-state index is -0.462. The van der Waals surface area contributed by atoms with E-state index in [0.29, 0.717) is 11.3 Å². The Bertz CT molecular complexity index is 201. The summed E-state index contributed by atoms with van der Waals surface area (Å²) in [5.74, 6) is 0.658. The first-order valence-electron chi connectivity index (χ1n) is 6.26. The average Bonchev–Trinajstić information content (AvgIpc) is 1.99. The predicted octanol–water partition coefficient (Wildman–Crippen LogP) is 2.56. The molecule has 2 heteroatoms. The summed E-state index contributed by atoms with van der Waals surface area (Å²) in [6, 6.07) is 0. The van der Waals surface area contributed by atoms with E-state index in [1.807, 2.05) is 0 Å². The van der Waals surface area contributed by atoms with E-state index >= 15 is 0 Å². The van der Waals surface area contributed by atoms with Crippen LogP contribution in [0.2, 0.25) is 0 Å². The molecule has 0 radical (unpaired) electrons. The van der Waals surface area contributed by atoms with Crippen LogP contribution in [-0.2, 0) is 0 Å². The molecular weight excluding hydrogens is 186 g/mol. The van der Waals surface area contributed by atoms with E-state index in [1.165, 1.54) is 6.42 Å². The van der Waals surface area contributed by atoms with Crippen LogP contribution in [0.25, 0.3) is 0 Å². The Kier molecular flexibility index (Phi) is 4.19. The Hall–Kier alpha value is -0.0800. The van der Waals surface area contributed by atoms with Gasteiger partial charge in [0, 0.05) is 6.54 Å². The van der Waals surface area contributed by atoms with Gasteiger partial charge in [-0.2, -0.15) is 0 Å². The lowest BCUT2D eigenvalue weighted by atomic mass is 9.70. The molecule has 1 aliphatic rings. The molecule has 0 aliphatic heterocycles. The van der Waals surface area contributed by atoms with Gasteiger partial charge in [-0.25, -0.2) is 0 Å². The SMILES string of the molecule is CC(C)CNCC1(O)CCCC(C)(C)C1. The van der Waals surface area contributed by atoms with Crippen LogP contribution in [0, 0.1) is 11.3 Å². The normalized spacial score (nSPS) is 30.8. The molecule has 1 saturated carbocycles. The van der Waals surface area contributed by atoms with Crippen LogP contribution in [0.15, 0.2) is 0 Å². The summed E-state index contributed by atoms with van der Waals surface area (Å²) in [6.45, 7) is 10.7. The Balaban J connectivity index is 2.37. The Morgan fingerprint density at radius 2 is 1.93 bits per heavy atom. The van der Waals surface area contributed by atoms with Crippen molar-refractivity contribution in [2.45, 2.75) is 59.0 Å². The average molecular weight is 213 g/mol. The van der Waals surface area contributed by atoms with Gasteiger partial charge in [-0.1, -0.05) is 34.1 Å². The number of hydrogen-bond acceptors (Lipinski definition) is 2. The van der Waals surface area contributed by atoms with Crippen molar-refractivity contribution in [1.29, 1.82) is 0 Å². The van der Waals surface area contributed by atoms with Crippen LogP contribution >= 0.6 is 0 Å². The Morgan fingerprint density at radius 3 is 2.47 bits per heavy atom. The van der Waals surface area contributed by atoms with Gasteiger partial charge in [-0.15, -0.1) is 0 Å². The first kappa shape index (κ1) is 13.0. The van der Waals surface area contributed by atoms with Gasteiger partial charge >= 0.3 is 0 Å². The maximum Gasteiger partial charge on any atom is 0.0776 e. The largest absolute Gasteiger partial charge is 0.389 e. The summed E-state index contributed by atoms with van der Waals surface area (Å²) < 4.78 is 0. The molecule has 0 spiro atoms. The maximum atomic E-state index is 10.5. The second-order valence-corrected chi connectivity index (χ2v) is 6.44. The molecule has 0 aromatic heterocycles. The Morgan fingerprint density at radius 1 is 1.27 bits per heavy atom. The lowest BCUT2D eigenvalue weighted by molar-refractivity contribution is -0.0374. The first-order chi connectivity index (χ1) is 6.83. The third kappa shape index (κ3) is 4.52. The number of aliphatic hydroxyl groups is 1. The highest BCUT2D eigenvalue weighted by atomic mass is 16.3. The molecule has 1 aliphatic carbocycles. The van der Waals surface area contributed by atoms with Crippen molar-refractivity contribution in [2.75, 3.05) is 13.1 Å². The molecular formula is C13H27NO. The molecule has 2 N–H and O–H groups in total. The highest BCUT2D eigenvalue weighted by Gasteiger charge is 2.37. The van der Waals surface area contributed by atoms with Crippen LogP contribution in [0.5, 0.6) is 0 Å². The summed E-state index contributed by atoms with van der Waals surface area (Å²) in [5.41, 5.74) is -0.150. The zero-order chi connectivity index (χ0) is 11.5. The minimum absolute atomic E-state index is 0.312. The fourth-order valence-electron chi connectivity index (χ4n) is 2.71. The van der Waals surface area contributed by atoms with Crippen molar-refractivity contribution in [3.8, 4) is 0 Å². The zero-order valence-corrected chi connectivity index (χ0v) is 10.8. The molecule has 15 heavy (non-hydrogen) atoms. The molecule has 1 rings (SSSR count). The van der Waals surface area contributed by atoms with Gasteiger partial charge < -0.3 is 10.4 Å². The van der Waals surface area contributed by atoms with Crippen molar-refractivity contribution < 1.29 is 5.11 Å². The molecule has 0 aromatic rings. The smallest absolute Gasteiger partial charge is 0.0776 e. The van der Waals surface area contributed by atoms with Crippen LogP contribution in [-0.4, -0.2) is 23.8 Å². The van der Waals surface area contributed by atoms with Crippen molar-refractivity contribution in [3.05, 3.63) is 0 Å². The highest BCUT2D eigenvalue weighted by Crippen LogP contribution is 2.40. The third-order valence-corrected chi connectivity index (χ3v) is 3.31. The van der Waals surface area contributed by atoms with E-state index in [9.17, 15) is 5.11 Å². The van der Waals surface area contributed by atoms with Gasteiger partial charge in [0.2, 0.25) is 0 Å². The molecule has 0 aromatic carbocycles. The molecule has 1 atom stereocenters. The minimum Gasteiger partial charge on any atom is -0.389 e.